The van der Waals surface area contributed by atoms with Crippen LogP contribution in [0, 0.1) is 0 Å². The Morgan fingerprint density at radius 3 is 2.50 bits per heavy atom. The molecule has 2 atom stereocenters. The van der Waals surface area contributed by atoms with Crippen LogP contribution in [0.2, 0.25) is 0 Å². The number of rotatable bonds is 3. The quantitative estimate of drug-likeness (QED) is 0.823. The number of hydrogen-bond donors (Lipinski definition) is 2. The minimum atomic E-state index is -0.212. The molecule has 3 nitrogen and oxygen atoms in total. The van der Waals surface area contributed by atoms with Gasteiger partial charge < -0.3 is 15.2 Å². The lowest BCUT2D eigenvalue weighted by Crippen LogP contribution is -2.36. The van der Waals surface area contributed by atoms with E-state index >= 15 is 0 Å². The van der Waals surface area contributed by atoms with Crippen molar-refractivity contribution < 1.29 is 9.84 Å². The first-order valence-corrected chi connectivity index (χ1v) is 5.88. The van der Waals surface area contributed by atoms with E-state index < -0.39 is 0 Å². The smallest absolute Gasteiger partial charge is 0.119 e. The summed E-state index contributed by atoms with van der Waals surface area (Å²) in [5, 5.41) is 13.2. The van der Waals surface area contributed by atoms with Gasteiger partial charge in [-0.1, -0.05) is 12.8 Å². The van der Waals surface area contributed by atoms with Crippen molar-refractivity contribution in [2.75, 3.05) is 12.4 Å². The lowest BCUT2D eigenvalue weighted by Gasteiger charge is -2.29. The van der Waals surface area contributed by atoms with Gasteiger partial charge in [0.25, 0.3) is 0 Å². The Hall–Kier alpha value is -1.22. The largest absolute Gasteiger partial charge is 0.497 e. The zero-order valence-electron chi connectivity index (χ0n) is 9.65. The van der Waals surface area contributed by atoms with Gasteiger partial charge in [-0.3, -0.25) is 0 Å². The summed E-state index contributed by atoms with van der Waals surface area (Å²) in [4.78, 5) is 0. The Labute approximate surface area is 96.4 Å². The molecule has 0 heterocycles. The van der Waals surface area contributed by atoms with Gasteiger partial charge in [-0.25, -0.2) is 0 Å². The molecule has 2 N–H and O–H groups in total. The molecule has 2 rings (SSSR count). The maximum atomic E-state index is 9.84. The van der Waals surface area contributed by atoms with Crippen LogP contribution in [0.4, 0.5) is 5.69 Å². The van der Waals surface area contributed by atoms with Crippen LogP contribution in [-0.4, -0.2) is 24.4 Å². The number of aliphatic hydroxyl groups is 1. The first-order chi connectivity index (χ1) is 7.79. The second kappa shape index (κ2) is 5.21. The van der Waals surface area contributed by atoms with E-state index in [1.165, 1.54) is 6.42 Å². The minimum absolute atomic E-state index is 0.196. The van der Waals surface area contributed by atoms with Gasteiger partial charge in [0, 0.05) is 5.69 Å². The summed E-state index contributed by atoms with van der Waals surface area (Å²) < 4.78 is 5.10. The van der Waals surface area contributed by atoms with Crippen molar-refractivity contribution in [3.8, 4) is 5.75 Å². The number of benzene rings is 1. The Morgan fingerprint density at radius 2 is 1.88 bits per heavy atom. The summed E-state index contributed by atoms with van der Waals surface area (Å²) in [5.41, 5.74) is 1.05. The molecular weight excluding hydrogens is 202 g/mol. The number of nitrogens with one attached hydrogen (secondary N) is 1. The maximum absolute atomic E-state index is 9.84. The van der Waals surface area contributed by atoms with E-state index in [-0.39, 0.29) is 12.1 Å². The fraction of sp³-hybridized carbons (Fsp3) is 0.538. The van der Waals surface area contributed by atoms with Crippen molar-refractivity contribution in [1.82, 2.24) is 0 Å². The molecule has 1 aromatic rings. The summed E-state index contributed by atoms with van der Waals surface area (Å²) in [6.07, 6.45) is 4.09. The summed E-state index contributed by atoms with van der Waals surface area (Å²) in [5.74, 6) is 0.856. The molecule has 0 aliphatic heterocycles. The Kier molecular flexibility index (Phi) is 3.67. The number of aliphatic hydroxyl groups excluding tert-OH is 1. The molecule has 1 aliphatic rings. The number of methoxy groups -OCH3 is 1. The van der Waals surface area contributed by atoms with Crippen LogP contribution in [0.1, 0.15) is 25.7 Å². The highest BCUT2D eigenvalue weighted by Gasteiger charge is 2.22. The number of anilines is 1. The van der Waals surface area contributed by atoms with Crippen molar-refractivity contribution in [2.45, 2.75) is 37.8 Å². The molecule has 1 aromatic carbocycles. The summed E-state index contributed by atoms with van der Waals surface area (Å²) in [6.45, 7) is 0. The molecule has 0 amide bonds. The van der Waals surface area contributed by atoms with E-state index in [2.05, 4.69) is 5.32 Å². The van der Waals surface area contributed by atoms with Crippen molar-refractivity contribution in [2.24, 2.45) is 0 Å². The highest BCUT2D eigenvalue weighted by Crippen LogP contribution is 2.23. The molecule has 0 radical (unpaired) electrons. The third kappa shape index (κ3) is 2.67. The Morgan fingerprint density at radius 1 is 1.19 bits per heavy atom. The van der Waals surface area contributed by atoms with Gasteiger partial charge in [0.1, 0.15) is 5.75 Å². The highest BCUT2D eigenvalue weighted by atomic mass is 16.5. The summed E-state index contributed by atoms with van der Waals surface area (Å²) >= 11 is 0. The zero-order chi connectivity index (χ0) is 11.4. The summed E-state index contributed by atoms with van der Waals surface area (Å²) in [7, 11) is 1.66. The molecule has 0 bridgehead atoms. The molecule has 0 spiro atoms. The summed E-state index contributed by atoms with van der Waals surface area (Å²) in [6, 6.07) is 8.03. The van der Waals surface area contributed by atoms with E-state index in [1.807, 2.05) is 24.3 Å². The van der Waals surface area contributed by atoms with Crippen LogP contribution in [0.15, 0.2) is 24.3 Å². The highest BCUT2D eigenvalue weighted by molar-refractivity contribution is 5.47. The van der Waals surface area contributed by atoms with E-state index in [0.29, 0.717) is 0 Å². The van der Waals surface area contributed by atoms with Gasteiger partial charge >= 0.3 is 0 Å². The molecule has 0 unspecified atom stereocenters. The van der Waals surface area contributed by atoms with Crippen molar-refractivity contribution in [3.63, 3.8) is 0 Å². The van der Waals surface area contributed by atoms with Gasteiger partial charge in [0.2, 0.25) is 0 Å². The SMILES string of the molecule is COc1ccc(N[C@H]2CCCC[C@@H]2O)cc1. The first kappa shape index (κ1) is 11.3. The van der Waals surface area contributed by atoms with Gasteiger partial charge in [-0.2, -0.15) is 0 Å². The number of hydrogen-bond acceptors (Lipinski definition) is 3. The zero-order valence-corrected chi connectivity index (χ0v) is 9.65. The molecule has 16 heavy (non-hydrogen) atoms. The first-order valence-electron chi connectivity index (χ1n) is 5.88. The number of ether oxygens (including phenoxy) is 1. The monoisotopic (exact) mass is 221 g/mol. The normalized spacial score (nSPS) is 25.1. The molecule has 0 saturated heterocycles. The molecule has 88 valence electrons. The molecule has 1 saturated carbocycles. The second-order valence-corrected chi connectivity index (χ2v) is 4.33. The van der Waals surface area contributed by atoms with Crippen molar-refractivity contribution in [3.05, 3.63) is 24.3 Å². The third-order valence-electron chi connectivity index (χ3n) is 3.17. The van der Waals surface area contributed by atoms with Crippen LogP contribution in [0.5, 0.6) is 5.75 Å². The van der Waals surface area contributed by atoms with Crippen molar-refractivity contribution >= 4 is 5.69 Å². The minimum Gasteiger partial charge on any atom is -0.497 e. The molecule has 1 fully saturated rings. The fourth-order valence-corrected chi connectivity index (χ4v) is 2.18. The van der Waals surface area contributed by atoms with E-state index in [1.54, 1.807) is 7.11 Å². The van der Waals surface area contributed by atoms with Crippen LogP contribution in [-0.2, 0) is 0 Å². The van der Waals surface area contributed by atoms with E-state index in [9.17, 15) is 5.11 Å². The predicted octanol–water partition coefficient (Wildman–Crippen LogP) is 2.41. The topological polar surface area (TPSA) is 41.5 Å². The molecule has 0 aromatic heterocycles. The molecule has 3 heteroatoms. The standard InChI is InChI=1S/C13H19NO2/c1-16-11-8-6-10(7-9-11)14-12-4-2-3-5-13(12)15/h6-9,12-15H,2-5H2,1H3/t12-,13-/m0/s1. The van der Waals surface area contributed by atoms with Crippen LogP contribution < -0.4 is 10.1 Å². The average molecular weight is 221 g/mol. The Balaban J connectivity index is 1.96. The average Bonchev–Trinajstić information content (AvgIpc) is 2.33. The third-order valence-corrected chi connectivity index (χ3v) is 3.17. The van der Waals surface area contributed by atoms with Gasteiger partial charge in [0.15, 0.2) is 0 Å². The van der Waals surface area contributed by atoms with Crippen LogP contribution >= 0.6 is 0 Å². The molecular formula is C13H19NO2. The molecule has 1 aliphatic carbocycles. The second-order valence-electron chi connectivity index (χ2n) is 4.33. The van der Waals surface area contributed by atoms with Crippen LogP contribution in [0.3, 0.4) is 0 Å². The maximum Gasteiger partial charge on any atom is 0.119 e. The predicted molar refractivity (Wildman–Crippen MR) is 64.9 cm³/mol. The Bertz CT molecular complexity index is 323. The van der Waals surface area contributed by atoms with Gasteiger partial charge in [0.05, 0.1) is 19.3 Å². The lowest BCUT2D eigenvalue weighted by molar-refractivity contribution is 0.116. The van der Waals surface area contributed by atoms with E-state index in [0.717, 1.165) is 30.7 Å². The van der Waals surface area contributed by atoms with Crippen LogP contribution in [0.25, 0.3) is 0 Å². The fourth-order valence-electron chi connectivity index (χ4n) is 2.18. The lowest BCUT2D eigenvalue weighted by atomic mass is 9.92. The van der Waals surface area contributed by atoms with Crippen molar-refractivity contribution in [1.29, 1.82) is 0 Å². The van der Waals surface area contributed by atoms with Gasteiger partial charge in [-0.05, 0) is 37.1 Å². The van der Waals surface area contributed by atoms with E-state index in [4.69, 9.17) is 4.74 Å². The van der Waals surface area contributed by atoms with Gasteiger partial charge in [-0.15, -0.1) is 0 Å².